The molecule has 0 atom stereocenters. The fourth-order valence-electron chi connectivity index (χ4n) is 2.83. The molecule has 0 saturated carbocycles. The molecular formula is C21H23FN4O3. The van der Waals surface area contributed by atoms with E-state index in [9.17, 15) is 14.0 Å². The Balaban J connectivity index is 1.97. The summed E-state index contributed by atoms with van der Waals surface area (Å²) >= 11 is 0. The minimum atomic E-state index is -0.630. The van der Waals surface area contributed by atoms with Crippen molar-refractivity contribution in [2.75, 3.05) is 5.32 Å². The lowest BCUT2D eigenvalue weighted by Gasteiger charge is -2.15. The van der Waals surface area contributed by atoms with Crippen LogP contribution in [0.15, 0.2) is 58.1 Å². The maximum Gasteiger partial charge on any atom is 0.354 e. The first-order valence-electron chi connectivity index (χ1n) is 9.37. The molecule has 0 aliphatic carbocycles. The predicted molar refractivity (Wildman–Crippen MR) is 109 cm³/mol. The Morgan fingerprint density at radius 1 is 1.03 bits per heavy atom. The van der Waals surface area contributed by atoms with E-state index >= 15 is 0 Å². The molecular weight excluding hydrogens is 375 g/mol. The Hall–Kier alpha value is -3.42. The number of benzene rings is 2. The highest BCUT2D eigenvalue weighted by atomic mass is 19.1. The molecule has 0 spiro atoms. The molecule has 2 aromatic carbocycles. The highest BCUT2D eigenvalue weighted by molar-refractivity contribution is 5.54. The SMILES string of the molecule is CCn1c(=O)nc(Nc2ccc(OC(C)C)cc2)n(Cc2ccc(F)cc2)c1=O. The van der Waals surface area contributed by atoms with Crippen LogP contribution >= 0.6 is 0 Å². The van der Waals surface area contributed by atoms with Gasteiger partial charge in [0.2, 0.25) is 5.95 Å². The smallest absolute Gasteiger partial charge is 0.354 e. The fourth-order valence-corrected chi connectivity index (χ4v) is 2.83. The van der Waals surface area contributed by atoms with Gasteiger partial charge in [-0.3, -0.25) is 4.57 Å². The quantitative estimate of drug-likeness (QED) is 0.662. The van der Waals surface area contributed by atoms with Crippen LogP contribution in [-0.2, 0) is 13.1 Å². The summed E-state index contributed by atoms with van der Waals surface area (Å²) in [6.45, 7) is 5.92. The zero-order valence-corrected chi connectivity index (χ0v) is 16.6. The molecule has 29 heavy (non-hydrogen) atoms. The Bertz CT molecular complexity index is 1090. The Kier molecular flexibility index (Phi) is 6.11. The second kappa shape index (κ2) is 8.72. The highest BCUT2D eigenvalue weighted by Crippen LogP contribution is 2.19. The van der Waals surface area contributed by atoms with Crippen molar-refractivity contribution in [3.8, 4) is 5.75 Å². The highest BCUT2D eigenvalue weighted by Gasteiger charge is 2.13. The number of anilines is 2. The summed E-state index contributed by atoms with van der Waals surface area (Å²) in [4.78, 5) is 29.1. The number of aromatic nitrogens is 3. The molecule has 1 aromatic heterocycles. The molecule has 3 aromatic rings. The molecule has 0 saturated heterocycles. The maximum absolute atomic E-state index is 13.2. The van der Waals surface area contributed by atoms with Gasteiger partial charge in [-0.05, 0) is 62.7 Å². The van der Waals surface area contributed by atoms with E-state index in [1.807, 2.05) is 13.8 Å². The standard InChI is InChI=1S/C21H23FN4O3/c1-4-25-20(27)24-19(23-17-9-11-18(12-10-17)29-14(2)3)26(21(25)28)13-15-5-7-16(22)8-6-15/h5-12,14H,4,13H2,1-3H3,(H,23,24,27). The number of nitrogens with one attached hydrogen (secondary N) is 1. The van der Waals surface area contributed by atoms with Crippen LogP contribution in [-0.4, -0.2) is 20.2 Å². The minimum Gasteiger partial charge on any atom is -0.491 e. The van der Waals surface area contributed by atoms with Crippen molar-refractivity contribution in [2.45, 2.75) is 40.0 Å². The van der Waals surface area contributed by atoms with Gasteiger partial charge in [0.15, 0.2) is 0 Å². The van der Waals surface area contributed by atoms with Gasteiger partial charge in [0.1, 0.15) is 11.6 Å². The predicted octanol–water partition coefficient (Wildman–Crippen LogP) is 3.14. The summed E-state index contributed by atoms with van der Waals surface area (Å²) < 4.78 is 21.2. The summed E-state index contributed by atoms with van der Waals surface area (Å²) in [5, 5.41) is 3.03. The fraction of sp³-hybridized carbons (Fsp3) is 0.286. The Morgan fingerprint density at radius 2 is 1.69 bits per heavy atom. The average Bonchev–Trinajstić information content (AvgIpc) is 2.68. The summed E-state index contributed by atoms with van der Waals surface area (Å²) in [5.74, 6) is 0.468. The van der Waals surface area contributed by atoms with Crippen molar-refractivity contribution >= 4 is 11.6 Å². The van der Waals surface area contributed by atoms with Gasteiger partial charge in [0.25, 0.3) is 0 Å². The second-order valence-electron chi connectivity index (χ2n) is 6.77. The number of hydrogen-bond donors (Lipinski definition) is 1. The van der Waals surface area contributed by atoms with Crippen LogP contribution < -0.4 is 21.4 Å². The third-order valence-electron chi connectivity index (χ3n) is 4.20. The lowest BCUT2D eigenvalue weighted by Crippen LogP contribution is -2.42. The van der Waals surface area contributed by atoms with Crippen molar-refractivity contribution in [2.24, 2.45) is 0 Å². The van der Waals surface area contributed by atoms with Crippen LogP contribution in [0.25, 0.3) is 0 Å². The van der Waals surface area contributed by atoms with Gasteiger partial charge in [-0.25, -0.2) is 18.5 Å². The van der Waals surface area contributed by atoms with Crippen molar-refractivity contribution in [3.63, 3.8) is 0 Å². The molecule has 0 aliphatic rings. The third-order valence-corrected chi connectivity index (χ3v) is 4.20. The molecule has 1 heterocycles. The molecule has 1 N–H and O–H groups in total. The van der Waals surface area contributed by atoms with Crippen LogP contribution in [0.4, 0.5) is 16.0 Å². The lowest BCUT2D eigenvalue weighted by atomic mass is 10.2. The van der Waals surface area contributed by atoms with E-state index in [0.29, 0.717) is 17.0 Å². The largest absolute Gasteiger partial charge is 0.491 e. The Labute approximate surface area is 167 Å². The topological polar surface area (TPSA) is 78.2 Å². The molecule has 0 aliphatic heterocycles. The van der Waals surface area contributed by atoms with Crippen LogP contribution in [0, 0.1) is 5.82 Å². The molecule has 152 valence electrons. The zero-order valence-electron chi connectivity index (χ0n) is 16.6. The third kappa shape index (κ3) is 4.90. The van der Waals surface area contributed by atoms with Gasteiger partial charge in [0.05, 0.1) is 12.6 Å². The number of halogens is 1. The molecule has 0 bridgehead atoms. The minimum absolute atomic E-state index is 0.0537. The van der Waals surface area contributed by atoms with Crippen molar-refractivity contribution in [3.05, 3.63) is 80.9 Å². The molecule has 3 rings (SSSR count). The second-order valence-corrected chi connectivity index (χ2v) is 6.77. The van der Waals surface area contributed by atoms with Crippen molar-refractivity contribution in [1.82, 2.24) is 14.1 Å². The molecule has 8 heteroatoms. The van der Waals surface area contributed by atoms with Crippen LogP contribution in [0.5, 0.6) is 5.75 Å². The molecule has 0 radical (unpaired) electrons. The van der Waals surface area contributed by atoms with Crippen LogP contribution in [0.3, 0.4) is 0 Å². The normalized spacial score (nSPS) is 10.9. The van der Waals surface area contributed by atoms with Crippen molar-refractivity contribution < 1.29 is 9.13 Å². The molecule has 0 fully saturated rings. The van der Waals surface area contributed by atoms with E-state index in [0.717, 1.165) is 4.57 Å². The molecule has 0 unspecified atom stereocenters. The van der Waals surface area contributed by atoms with Crippen molar-refractivity contribution in [1.29, 1.82) is 0 Å². The molecule has 0 amide bonds. The first-order chi connectivity index (χ1) is 13.9. The van der Waals surface area contributed by atoms with Crippen LogP contribution in [0.2, 0.25) is 0 Å². The van der Waals surface area contributed by atoms with E-state index < -0.39 is 11.4 Å². The van der Waals surface area contributed by atoms with E-state index in [-0.39, 0.29) is 31.0 Å². The first kappa shape index (κ1) is 20.3. The van der Waals surface area contributed by atoms with E-state index in [1.165, 1.54) is 16.7 Å². The lowest BCUT2D eigenvalue weighted by molar-refractivity contribution is 0.242. The maximum atomic E-state index is 13.2. The van der Waals surface area contributed by atoms with Crippen LogP contribution in [0.1, 0.15) is 26.3 Å². The number of rotatable bonds is 7. The Morgan fingerprint density at radius 3 is 2.28 bits per heavy atom. The number of nitrogens with zero attached hydrogens (tertiary/aromatic N) is 3. The average molecular weight is 398 g/mol. The van der Waals surface area contributed by atoms with Gasteiger partial charge in [-0.15, -0.1) is 0 Å². The number of hydrogen-bond acceptors (Lipinski definition) is 5. The monoisotopic (exact) mass is 398 g/mol. The first-order valence-corrected chi connectivity index (χ1v) is 9.37. The van der Waals surface area contributed by atoms with Gasteiger partial charge in [0, 0.05) is 12.2 Å². The van der Waals surface area contributed by atoms with Gasteiger partial charge < -0.3 is 10.1 Å². The summed E-state index contributed by atoms with van der Waals surface area (Å²) in [6.07, 6.45) is 0.0537. The summed E-state index contributed by atoms with van der Waals surface area (Å²) in [5.41, 5.74) is 0.240. The van der Waals surface area contributed by atoms with Gasteiger partial charge in [-0.2, -0.15) is 4.98 Å². The van der Waals surface area contributed by atoms with E-state index in [2.05, 4.69) is 10.3 Å². The zero-order chi connectivity index (χ0) is 21.0. The summed E-state index contributed by atoms with van der Waals surface area (Å²) in [6, 6.07) is 13.0. The molecule has 7 nitrogen and oxygen atoms in total. The summed E-state index contributed by atoms with van der Waals surface area (Å²) in [7, 11) is 0. The van der Waals surface area contributed by atoms with Gasteiger partial charge in [-0.1, -0.05) is 12.1 Å². The van der Waals surface area contributed by atoms with E-state index in [4.69, 9.17) is 4.74 Å². The van der Waals surface area contributed by atoms with E-state index in [1.54, 1.807) is 43.3 Å². The number of ether oxygens (including phenoxy) is 1. The van der Waals surface area contributed by atoms with Gasteiger partial charge >= 0.3 is 11.4 Å².